The van der Waals surface area contributed by atoms with Crippen molar-refractivity contribution in [1.82, 2.24) is 0 Å². The molecule has 0 aliphatic carbocycles. The summed E-state index contributed by atoms with van der Waals surface area (Å²) in [6, 6.07) is 15.1. The van der Waals surface area contributed by atoms with Gasteiger partial charge in [0.25, 0.3) is 0 Å². The molecule has 0 atom stereocenters. The van der Waals surface area contributed by atoms with Crippen molar-refractivity contribution in [2.75, 3.05) is 6.26 Å². The number of hydrogen-bond donors (Lipinski definition) is 0. The number of rotatable bonds is 4. The number of sulfone groups is 2. The summed E-state index contributed by atoms with van der Waals surface area (Å²) in [6.45, 7) is 1.84. The molecule has 0 bridgehead atoms. The standard InChI is InChI=1S/C15H15IO4S2/c1-12-8-10-14(11-9-12)22(19,20)15(21(2,17)18)16-13-6-4-3-5-7-13/h3-11H,1-2H3. The van der Waals surface area contributed by atoms with Gasteiger partial charge in [-0.2, -0.15) is 0 Å². The van der Waals surface area contributed by atoms with E-state index in [0.29, 0.717) is 0 Å². The maximum Gasteiger partial charge on any atom is 0.222 e. The molecule has 0 radical (unpaired) electrons. The van der Waals surface area contributed by atoms with Gasteiger partial charge in [0, 0.05) is 9.83 Å². The Morgan fingerprint density at radius 3 is 1.91 bits per heavy atom. The average Bonchev–Trinajstić information content (AvgIpc) is 2.45. The first-order chi connectivity index (χ1) is 10.2. The van der Waals surface area contributed by atoms with E-state index < -0.39 is 40.4 Å². The second-order valence-corrected chi connectivity index (χ2v) is 13.1. The van der Waals surface area contributed by atoms with Gasteiger partial charge in [-0.05, 0) is 31.2 Å². The zero-order valence-corrected chi connectivity index (χ0v) is 15.8. The van der Waals surface area contributed by atoms with Crippen molar-refractivity contribution in [2.24, 2.45) is 0 Å². The molecule has 0 aromatic heterocycles. The van der Waals surface area contributed by atoms with E-state index in [9.17, 15) is 16.8 Å². The van der Waals surface area contributed by atoms with Crippen molar-refractivity contribution in [1.29, 1.82) is 0 Å². The maximum atomic E-state index is 12.7. The van der Waals surface area contributed by atoms with Crippen molar-refractivity contribution < 1.29 is 16.8 Å². The van der Waals surface area contributed by atoms with Crippen LogP contribution in [0, 0.1) is 10.5 Å². The molecule has 2 aromatic carbocycles. The highest BCUT2D eigenvalue weighted by Gasteiger charge is 2.29. The summed E-state index contributed by atoms with van der Waals surface area (Å²) in [5.74, 6) is 0. The Morgan fingerprint density at radius 1 is 0.864 bits per heavy atom. The van der Waals surface area contributed by atoms with E-state index in [4.69, 9.17) is 0 Å². The zero-order valence-electron chi connectivity index (χ0n) is 12.0. The van der Waals surface area contributed by atoms with E-state index in [1.807, 2.05) is 13.0 Å². The number of benzene rings is 2. The van der Waals surface area contributed by atoms with Gasteiger partial charge in [0.15, 0.2) is 12.0 Å². The highest BCUT2D eigenvalue weighted by Crippen LogP contribution is 2.24. The summed E-state index contributed by atoms with van der Waals surface area (Å²) in [4.78, 5) is 0.0224. The lowest BCUT2D eigenvalue weighted by atomic mass is 10.2. The van der Waals surface area contributed by atoms with E-state index in [1.54, 1.807) is 36.4 Å². The van der Waals surface area contributed by atoms with E-state index in [-0.39, 0.29) is 7.07 Å². The van der Waals surface area contributed by atoms with Crippen molar-refractivity contribution in [3.8, 4) is 0 Å². The molecule has 0 N–H and O–H groups in total. The molecule has 4 nitrogen and oxygen atoms in total. The molecule has 0 aliphatic heterocycles. The van der Waals surface area contributed by atoms with Crippen molar-refractivity contribution >= 4 is 42.6 Å². The molecule has 7 heteroatoms. The lowest BCUT2D eigenvalue weighted by molar-refractivity contribution is 0.606. The summed E-state index contributed by atoms with van der Waals surface area (Å²) in [7, 11) is -7.80. The Morgan fingerprint density at radius 2 is 1.41 bits per heavy atom. The quantitative estimate of drug-likeness (QED) is 0.672. The first kappa shape index (κ1) is 17.3. The third-order valence-electron chi connectivity index (χ3n) is 2.75. The molecule has 0 saturated heterocycles. The molecule has 0 fully saturated rings. The first-order valence-electron chi connectivity index (χ1n) is 6.30. The summed E-state index contributed by atoms with van der Waals surface area (Å²) in [5, 5.41) is 0. The van der Waals surface area contributed by atoms with Gasteiger partial charge in [0.05, 0.1) is 4.90 Å². The largest absolute Gasteiger partial charge is 0.223 e. The van der Waals surface area contributed by atoms with Crippen LogP contribution < -0.4 is 0 Å². The third kappa shape index (κ3) is 4.02. The highest BCUT2D eigenvalue weighted by molar-refractivity contribution is 14.2. The summed E-state index contributed by atoms with van der Waals surface area (Å²) < 4.78 is 49.9. The number of aryl methyl sites for hydroxylation is 1. The molecule has 0 spiro atoms. The van der Waals surface area contributed by atoms with E-state index in [1.165, 1.54) is 12.1 Å². The Bertz CT molecular complexity index is 898. The van der Waals surface area contributed by atoms with Crippen LogP contribution in [0.3, 0.4) is 0 Å². The van der Waals surface area contributed by atoms with Gasteiger partial charge >= 0.3 is 0 Å². The zero-order chi connectivity index (χ0) is 16.4. The van der Waals surface area contributed by atoms with Gasteiger partial charge < -0.3 is 0 Å². The fraction of sp³-hybridized carbons (Fsp3) is 0.133. The minimum Gasteiger partial charge on any atom is -0.223 e. The normalized spacial score (nSPS) is 13.5. The van der Waals surface area contributed by atoms with E-state index in [0.717, 1.165) is 15.4 Å². The molecule has 2 rings (SSSR count). The molecule has 0 unspecified atom stereocenters. The van der Waals surface area contributed by atoms with Crippen LogP contribution in [-0.4, -0.2) is 25.3 Å². The van der Waals surface area contributed by atoms with E-state index in [2.05, 4.69) is 0 Å². The van der Waals surface area contributed by atoms with Crippen LogP contribution in [-0.2, 0) is 19.7 Å². The molecule has 118 valence electrons. The Hall–Kier alpha value is -1.06. The molecule has 2 aromatic rings. The van der Waals surface area contributed by atoms with Crippen LogP contribution >= 0.6 is 20.7 Å². The predicted octanol–water partition coefficient (Wildman–Crippen LogP) is 2.74. The molecule has 22 heavy (non-hydrogen) atoms. The minimum atomic E-state index is -4.00. The van der Waals surface area contributed by atoms with Gasteiger partial charge in [0.2, 0.25) is 9.84 Å². The van der Waals surface area contributed by atoms with Gasteiger partial charge in [-0.25, -0.2) is 16.8 Å². The second-order valence-electron chi connectivity index (χ2n) is 4.72. The van der Waals surface area contributed by atoms with Crippen molar-refractivity contribution in [3.63, 3.8) is 0 Å². The van der Waals surface area contributed by atoms with Crippen LogP contribution in [0.2, 0.25) is 0 Å². The summed E-state index contributed by atoms with van der Waals surface area (Å²) in [6.07, 6.45) is 0.955. The molecule has 0 amide bonds. The van der Waals surface area contributed by atoms with Crippen LogP contribution in [0.25, 0.3) is 0 Å². The third-order valence-corrected chi connectivity index (χ3v) is 13.2. The topological polar surface area (TPSA) is 68.3 Å². The van der Waals surface area contributed by atoms with Gasteiger partial charge in [0.1, 0.15) is 0 Å². The van der Waals surface area contributed by atoms with Crippen LogP contribution in [0.1, 0.15) is 5.56 Å². The molecular formula is C15H15IO4S2. The molecule has 0 saturated carbocycles. The Labute approximate surface area is 140 Å². The van der Waals surface area contributed by atoms with Gasteiger partial charge in [-0.3, -0.25) is 0 Å². The lowest BCUT2D eigenvalue weighted by Gasteiger charge is -2.07. The fourth-order valence-electron chi connectivity index (χ4n) is 1.70. The molecule has 0 heterocycles. The second kappa shape index (κ2) is 6.59. The van der Waals surface area contributed by atoms with Crippen molar-refractivity contribution in [3.05, 3.63) is 63.7 Å². The SMILES string of the molecule is Cc1ccc(S(=O)(=O)C(=Ic2ccccc2)S(C)(=O)=O)cc1. The lowest BCUT2D eigenvalue weighted by Crippen LogP contribution is -2.22. The van der Waals surface area contributed by atoms with Crippen LogP contribution in [0.5, 0.6) is 0 Å². The Balaban J connectivity index is 2.65. The predicted molar refractivity (Wildman–Crippen MR) is 97.4 cm³/mol. The monoisotopic (exact) mass is 450 g/mol. The fourth-order valence-corrected chi connectivity index (χ4v) is 9.81. The smallest absolute Gasteiger partial charge is 0.222 e. The first-order valence-corrected chi connectivity index (χ1v) is 11.8. The molecular weight excluding hydrogens is 435 g/mol. The minimum absolute atomic E-state index is 0.0224. The van der Waals surface area contributed by atoms with Gasteiger partial charge in [-0.15, -0.1) is 0 Å². The Kier molecular flexibility index (Phi) is 5.18. The van der Waals surface area contributed by atoms with Crippen molar-refractivity contribution in [2.45, 2.75) is 11.8 Å². The highest BCUT2D eigenvalue weighted by atomic mass is 127. The average molecular weight is 450 g/mol. The number of hydrogen-bond acceptors (Lipinski definition) is 4. The van der Waals surface area contributed by atoms with Gasteiger partial charge in [-0.1, -0.05) is 56.6 Å². The summed E-state index contributed by atoms with van der Waals surface area (Å²) in [5.41, 5.74) is 0.914. The number of halogens is 1. The van der Waals surface area contributed by atoms with Crippen LogP contribution in [0.4, 0.5) is 0 Å². The summed E-state index contributed by atoms with van der Waals surface area (Å²) >= 11 is -1.31. The molecule has 0 aliphatic rings. The maximum absolute atomic E-state index is 12.7. The van der Waals surface area contributed by atoms with Crippen LogP contribution in [0.15, 0.2) is 59.5 Å². The van der Waals surface area contributed by atoms with E-state index >= 15 is 0 Å².